The van der Waals surface area contributed by atoms with E-state index in [-0.39, 0.29) is 17.9 Å². The number of nitrogens with one attached hydrogen (secondary N) is 1. The molecule has 2 aromatic rings. The number of aromatic nitrogens is 4. The molecular formula is C15H22N6O. The number of carbonyl (C=O) groups is 1. The van der Waals surface area contributed by atoms with E-state index in [0.29, 0.717) is 0 Å². The molecule has 1 aliphatic heterocycles. The highest BCUT2D eigenvalue weighted by molar-refractivity contribution is 5.87. The summed E-state index contributed by atoms with van der Waals surface area (Å²) in [5, 5.41) is 8.22. The number of carbonyl (C=O) groups excluding carboxylic acids is 1. The standard InChI is InChI=1S/C15H22N6O/c1-10(2)19-15(22)11-4-6-21(7-5-11)14-12-8-18-20(3)13(12)16-9-17-14/h8-11H,4-7H2,1-3H3,(H,19,22). The first-order chi connectivity index (χ1) is 10.6. The van der Waals surface area contributed by atoms with Crippen LogP contribution in [0.15, 0.2) is 12.5 Å². The summed E-state index contributed by atoms with van der Waals surface area (Å²) in [4.78, 5) is 23.0. The number of fused-ring (bicyclic) bond motifs is 1. The Balaban J connectivity index is 1.72. The maximum Gasteiger partial charge on any atom is 0.223 e. The van der Waals surface area contributed by atoms with Crippen LogP contribution in [-0.4, -0.2) is 44.8 Å². The van der Waals surface area contributed by atoms with Crippen LogP contribution in [0.4, 0.5) is 5.82 Å². The topological polar surface area (TPSA) is 75.9 Å². The molecule has 1 saturated heterocycles. The van der Waals surface area contributed by atoms with Crippen LogP contribution in [0.5, 0.6) is 0 Å². The monoisotopic (exact) mass is 302 g/mol. The van der Waals surface area contributed by atoms with Crippen LogP contribution in [0.1, 0.15) is 26.7 Å². The highest BCUT2D eigenvalue weighted by Gasteiger charge is 2.27. The second kappa shape index (κ2) is 5.90. The van der Waals surface area contributed by atoms with Crippen LogP contribution in [-0.2, 0) is 11.8 Å². The quantitative estimate of drug-likeness (QED) is 0.919. The van der Waals surface area contributed by atoms with Crippen molar-refractivity contribution >= 4 is 22.8 Å². The first kappa shape index (κ1) is 14.7. The van der Waals surface area contributed by atoms with Crippen LogP contribution >= 0.6 is 0 Å². The van der Waals surface area contributed by atoms with Crippen LogP contribution in [0.25, 0.3) is 11.0 Å². The molecular weight excluding hydrogens is 280 g/mol. The summed E-state index contributed by atoms with van der Waals surface area (Å²) in [6, 6.07) is 0.197. The largest absolute Gasteiger partial charge is 0.356 e. The van der Waals surface area contributed by atoms with Crippen molar-refractivity contribution in [3.05, 3.63) is 12.5 Å². The van der Waals surface area contributed by atoms with E-state index in [0.717, 1.165) is 42.8 Å². The van der Waals surface area contributed by atoms with Gasteiger partial charge in [0, 0.05) is 32.1 Å². The molecule has 0 bridgehead atoms. The van der Waals surface area contributed by atoms with Crippen molar-refractivity contribution in [1.29, 1.82) is 0 Å². The first-order valence-corrected chi connectivity index (χ1v) is 7.74. The Kier molecular flexibility index (Phi) is 3.96. The number of hydrogen-bond donors (Lipinski definition) is 1. The minimum Gasteiger partial charge on any atom is -0.356 e. The third-order valence-electron chi connectivity index (χ3n) is 4.10. The van der Waals surface area contributed by atoms with Gasteiger partial charge in [-0.25, -0.2) is 9.97 Å². The molecule has 1 N–H and O–H groups in total. The molecule has 22 heavy (non-hydrogen) atoms. The zero-order chi connectivity index (χ0) is 15.7. The molecule has 2 aromatic heterocycles. The summed E-state index contributed by atoms with van der Waals surface area (Å²) in [5.41, 5.74) is 0.838. The van der Waals surface area contributed by atoms with Gasteiger partial charge in [0.15, 0.2) is 5.65 Å². The SMILES string of the molecule is CC(C)NC(=O)C1CCN(c2ncnc3c2cnn3C)CC1. The van der Waals surface area contributed by atoms with E-state index in [1.54, 1.807) is 11.0 Å². The Bertz CT molecular complexity index is 672. The molecule has 1 aliphatic rings. The molecule has 1 amide bonds. The fraction of sp³-hybridized carbons (Fsp3) is 0.600. The molecule has 0 aliphatic carbocycles. The second-order valence-electron chi connectivity index (χ2n) is 6.13. The summed E-state index contributed by atoms with van der Waals surface area (Å²) < 4.78 is 1.75. The summed E-state index contributed by atoms with van der Waals surface area (Å²) in [6.07, 6.45) is 5.09. The van der Waals surface area contributed by atoms with Gasteiger partial charge in [-0.05, 0) is 26.7 Å². The predicted molar refractivity (Wildman–Crippen MR) is 84.5 cm³/mol. The number of rotatable bonds is 3. The maximum atomic E-state index is 12.1. The van der Waals surface area contributed by atoms with Crippen molar-refractivity contribution in [2.45, 2.75) is 32.7 Å². The fourth-order valence-electron chi connectivity index (χ4n) is 2.96. The van der Waals surface area contributed by atoms with E-state index < -0.39 is 0 Å². The zero-order valence-corrected chi connectivity index (χ0v) is 13.3. The molecule has 0 aromatic carbocycles. The molecule has 0 atom stereocenters. The van der Waals surface area contributed by atoms with E-state index in [1.807, 2.05) is 27.1 Å². The Morgan fingerprint density at radius 1 is 1.32 bits per heavy atom. The summed E-state index contributed by atoms with van der Waals surface area (Å²) >= 11 is 0. The predicted octanol–water partition coefficient (Wildman–Crippen LogP) is 1.10. The van der Waals surface area contributed by atoms with Crippen molar-refractivity contribution in [2.75, 3.05) is 18.0 Å². The van der Waals surface area contributed by atoms with Gasteiger partial charge in [-0.1, -0.05) is 0 Å². The van der Waals surface area contributed by atoms with Crippen LogP contribution in [0, 0.1) is 5.92 Å². The van der Waals surface area contributed by atoms with Crippen molar-refractivity contribution < 1.29 is 4.79 Å². The number of amides is 1. The number of anilines is 1. The van der Waals surface area contributed by atoms with Gasteiger partial charge < -0.3 is 10.2 Å². The van der Waals surface area contributed by atoms with E-state index in [4.69, 9.17) is 0 Å². The molecule has 3 rings (SSSR count). The van der Waals surface area contributed by atoms with E-state index in [9.17, 15) is 4.79 Å². The summed E-state index contributed by atoms with van der Waals surface area (Å²) in [6.45, 7) is 5.65. The molecule has 7 nitrogen and oxygen atoms in total. The molecule has 118 valence electrons. The van der Waals surface area contributed by atoms with Gasteiger partial charge in [0.2, 0.25) is 5.91 Å². The van der Waals surface area contributed by atoms with Gasteiger partial charge in [-0.2, -0.15) is 5.10 Å². The number of aryl methyl sites for hydroxylation is 1. The normalized spacial score (nSPS) is 16.5. The average Bonchev–Trinajstić information content (AvgIpc) is 2.88. The highest BCUT2D eigenvalue weighted by Crippen LogP contribution is 2.27. The maximum absolute atomic E-state index is 12.1. The second-order valence-corrected chi connectivity index (χ2v) is 6.13. The summed E-state index contributed by atoms with van der Waals surface area (Å²) in [7, 11) is 1.88. The van der Waals surface area contributed by atoms with E-state index in [2.05, 4.69) is 25.3 Å². The number of piperidine rings is 1. The fourth-order valence-corrected chi connectivity index (χ4v) is 2.96. The first-order valence-electron chi connectivity index (χ1n) is 7.74. The number of hydrogen-bond acceptors (Lipinski definition) is 5. The van der Waals surface area contributed by atoms with E-state index >= 15 is 0 Å². The minimum absolute atomic E-state index is 0.102. The van der Waals surface area contributed by atoms with Crippen LogP contribution < -0.4 is 10.2 Å². The van der Waals surface area contributed by atoms with Gasteiger partial charge >= 0.3 is 0 Å². The zero-order valence-electron chi connectivity index (χ0n) is 13.3. The van der Waals surface area contributed by atoms with Gasteiger partial charge in [0.05, 0.1) is 11.6 Å². The van der Waals surface area contributed by atoms with Gasteiger partial charge in [-0.3, -0.25) is 9.48 Å². The molecule has 0 unspecified atom stereocenters. The van der Waals surface area contributed by atoms with Crippen molar-refractivity contribution in [2.24, 2.45) is 13.0 Å². The Hall–Kier alpha value is -2.18. The van der Waals surface area contributed by atoms with Crippen molar-refractivity contribution in [3.63, 3.8) is 0 Å². The van der Waals surface area contributed by atoms with Gasteiger partial charge in [-0.15, -0.1) is 0 Å². The average molecular weight is 302 g/mol. The third kappa shape index (κ3) is 2.75. The number of nitrogens with zero attached hydrogens (tertiary/aromatic N) is 5. The van der Waals surface area contributed by atoms with E-state index in [1.165, 1.54) is 0 Å². The third-order valence-corrected chi connectivity index (χ3v) is 4.10. The highest BCUT2D eigenvalue weighted by atomic mass is 16.1. The van der Waals surface area contributed by atoms with Gasteiger partial charge in [0.25, 0.3) is 0 Å². The molecule has 7 heteroatoms. The van der Waals surface area contributed by atoms with Crippen molar-refractivity contribution in [1.82, 2.24) is 25.1 Å². The lowest BCUT2D eigenvalue weighted by molar-refractivity contribution is -0.126. The molecule has 3 heterocycles. The lowest BCUT2D eigenvalue weighted by Gasteiger charge is -2.32. The molecule has 0 spiro atoms. The molecule has 0 saturated carbocycles. The molecule has 0 radical (unpaired) electrons. The Morgan fingerprint density at radius 2 is 2.05 bits per heavy atom. The minimum atomic E-state index is 0.102. The Labute approximate surface area is 129 Å². The molecule has 1 fully saturated rings. The Morgan fingerprint density at radius 3 is 2.73 bits per heavy atom. The van der Waals surface area contributed by atoms with Crippen LogP contribution in [0.2, 0.25) is 0 Å². The lowest BCUT2D eigenvalue weighted by Crippen LogP contribution is -2.42. The van der Waals surface area contributed by atoms with Gasteiger partial charge in [0.1, 0.15) is 12.1 Å². The lowest BCUT2D eigenvalue weighted by atomic mass is 9.95. The summed E-state index contributed by atoms with van der Waals surface area (Å²) in [5.74, 6) is 1.19. The van der Waals surface area contributed by atoms with Crippen LogP contribution in [0.3, 0.4) is 0 Å². The van der Waals surface area contributed by atoms with Crippen molar-refractivity contribution in [3.8, 4) is 0 Å². The smallest absolute Gasteiger partial charge is 0.223 e.